The minimum Gasteiger partial charge on any atom is -0.307 e. The van der Waals surface area contributed by atoms with Gasteiger partial charge in [0.25, 0.3) is 0 Å². The van der Waals surface area contributed by atoms with E-state index in [1.165, 1.54) is 0 Å². The first kappa shape index (κ1) is 18.7. The lowest BCUT2D eigenvalue weighted by Crippen LogP contribution is -2.35. The number of para-hydroxylation sites is 1. The first-order valence-corrected chi connectivity index (χ1v) is 9.83. The summed E-state index contributed by atoms with van der Waals surface area (Å²) in [6.07, 6.45) is 0. The maximum absolute atomic E-state index is 14.0. The zero-order valence-electron chi connectivity index (χ0n) is 16.2. The summed E-state index contributed by atoms with van der Waals surface area (Å²) < 4.78 is 0. The molecule has 0 spiro atoms. The highest BCUT2D eigenvalue weighted by Gasteiger charge is 2.28. The number of rotatable bonds is 6. The number of hydrogen-bond acceptors (Lipinski definition) is 1. The molecule has 0 aromatic heterocycles. The van der Waals surface area contributed by atoms with Crippen molar-refractivity contribution in [2.24, 2.45) is 0 Å². The molecule has 4 aromatic carbocycles. The van der Waals surface area contributed by atoms with E-state index in [1.807, 2.05) is 114 Å². The summed E-state index contributed by atoms with van der Waals surface area (Å²) in [7, 11) is 0. The molecular weight excluding hydrogens is 354 g/mol. The second-order valence-corrected chi connectivity index (χ2v) is 7.00. The van der Waals surface area contributed by atoms with Crippen molar-refractivity contribution >= 4 is 11.6 Å². The summed E-state index contributed by atoms with van der Waals surface area (Å²) in [4.78, 5) is 15.9. The molecule has 29 heavy (non-hydrogen) atoms. The molecule has 0 radical (unpaired) electrons. The normalized spacial score (nSPS) is 10.7. The molecule has 0 N–H and O–H groups in total. The third-order valence-corrected chi connectivity index (χ3v) is 5.03. The zero-order chi connectivity index (χ0) is 19.9. The van der Waals surface area contributed by atoms with Crippen molar-refractivity contribution in [3.63, 3.8) is 0 Å². The van der Waals surface area contributed by atoms with Gasteiger partial charge in [0.05, 0.1) is 12.5 Å². The largest absolute Gasteiger partial charge is 0.307 e. The Labute approximate surface area is 172 Å². The van der Waals surface area contributed by atoms with Crippen molar-refractivity contribution in [2.45, 2.75) is 12.5 Å². The number of benzene rings is 4. The van der Waals surface area contributed by atoms with Crippen LogP contribution in [0.2, 0.25) is 0 Å². The number of carbonyl (C=O) groups is 1. The van der Waals surface area contributed by atoms with Gasteiger partial charge < -0.3 is 4.90 Å². The minimum absolute atomic E-state index is 0.0671. The van der Waals surface area contributed by atoms with E-state index in [0.717, 1.165) is 22.4 Å². The summed E-state index contributed by atoms with van der Waals surface area (Å²) in [6.45, 7) is 0.528. The minimum atomic E-state index is -0.360. The first-order valence-electron chi connectivity index (χ1n) is 9.83. The summed E-state index contributed by atoms with van der Waals surface area (Å²) in [5.74, 6) is -0.293. The standard InChI is InChI=1S/C27H23NO/c29-27(26(23-15-7-2-8-16-23)24-17-9-3-10-18-24)28(25-19-11-4-12-20-25)21-22-13-5-1-6-14-22/h1-20,26H,21H2. The lowest BCUT2D eigenvalue weighted by atomic mass is 9.89. The van der Waals surface area contributed by atoms with Gasteiger partial charge in [0, 0.05) is 5.69 Å². The molecule has 4 aromatic rings. The molecule has 2 nitrogen and oxygen atoms in total. The Morgan fingerprint density at radius 3 is 1.48 bits per heavy atom. The average Bonchev–Trinajstić information content (AvgIpc) is 2.80. The summed E-state index contributed by atoms with van der Waals surface area (Å²) in [5, 5.41) is 0. The van der Waals surface area contributed by atoms with E-state index in [-0.39, 0.29) is 11.8 Å². The van der Waals surface area contributed by atoms with Crippen LogP contribution < -0.4 is 4.90 Å². The van der Waals surface area contributed by atoms with Crippen LogP contribution in [0.25, 0.3) is 0 Å². The Morgan fingerprint density at radius 1 is 0.586 bits per heavy atom. The Morgan fingerprint density at radius 2 is 1.00 bits per heavy atom. The molecule has 2 heteroatoms. The molecule has 0 bridgehead atoms. The summed E-state index contributed by atoms with van der Waals surface area (Å²) >= 11 is 0. The summed E-state index contributed by atoms with van der Waals surface area (Å²) in [5.41, 5.74) is 4.00. The second kappa shape index (κ2) is 9.03. The van der Waals surface area contributed by atoms with Crippen LogP contribution in [-0.2, 0) is 11.3 Å². The second-order valence-electron chi connectivity index (χ2n) is 7.00. The molecule has 0 aliphatic carbocycles. The maximum Gasteiger partial charge on any atom is 0.239 e. The quantitative estimate of drug-likeness (QED) is 0.400. The number of carbonyl (C=O) groups excluding carboxylic acids is 1. The number of anilines is 1. The van der Waals surface area contributed by atoms with Gasteiger partial charge in [-0.1, -0.05) is 109 Å². The van der Waals surface area contributed by atoms with Crippen LogP contribution in [0, 0.1) is 0 Å². The maximum atomic E-state index is 14.0. The topological polar surface area (TPSA) is 20.3 Å². The molecule has 0 unspecified atom stereocenters. The molecule has 4 rings (SSSR count). The molecule has 0 aliphatic rings. The lowest BCUT2D eigenvalue weighted by Gasteiger charge is -2.28. The fraction of sp³-hybridized carbons (Fsp3) is 0.0741. The Balaban J connectivity index is 1.78. The van der Waals surface area contributed by atoms with Crippen molar-refractivity contribution in [1.29, 1.82) is 0 Å². The Bertz CT molecular complexity index is 991. The molecule has 0 heterocycles. The SMILES string of the molecule is O=C(C(c1ccccc1)c1ccccc1)N(Cc1ccccc1)c1ccccc1. The van der Waals surface area contributed by atoms with Gasteiger partial charge in [0.1, 0.15) is 0 Å². The van der Waals surface area contributed by atoms with Gasteiger partial charge in [0.2, 0.25) is 5.91 Å². The van der Waals surface area contributed by atoms with Gasteiger partial charge in [-0.15, -0.1) is 0 Å². The fourth-order valence-corrected chi connectivity index (χ4v) is 3.59. The molecule has 0 atom stereocenters. The molecule has 0 saturated carbocycles. The first-order chi connectivity index (χ1) is 14.3. The van der Waals surface area contributed by atoms with E-state index >= 15 is 0 Å². The zero-order valence-corrected chi connectivity index (χ0v) is 16.2. The van der Waals surface area contributed by atoms with E-state index in [0.29, 0.717) is 6.54 Å². The predicted octanol–water partition coefficient (Wildman–Crippen LogP) is 6.05. The van der Waals surface area contributed by atoms with Gasteiger partial charge in [-0.3, -0.25) is 4.79 Å². The third kappa shape index (κ3) is 4.44. The number of amides is 1. The van der Waals surface area contributed by atoms with E-state index in [2.05, 4.69) is 12.1 Å². The highest BCUT2D eigenvalue weighted by molar-refractivity contribution is 6.00. The van der Waals surface area contributed by atoms with Crippen LogP contribution in [-0.4, -0.2) is 5.91 Å². The monoisotopic (exact) mass is 377 g/mol. The van der Waals surface area contributed by atoms with Crippen LogP contribution in [0.15, 0.2) is 121 Å². The van der Waals surface area contributed by atoms with Crippen molar-refractivity contribution in [3.05, 3.63) is 138 Å². The van der Waals surface area contributed by atoms with Crippen molar-refractivity contribution < 1.29 is 4.79 Å². The Hall–Kier alpha value is -3.65. The predicted molar refractivity (Wildman–Crippen MR) is 119 cm³/mol. The van der Waals surface area contributed by atoms with Crippen LogP contribution in [0.5, 0.6) is 0 Å². The van der Waals surface area contributed by atoms with Gasteiger partial charge >= 0.3 is 0 Å². The third-order valence-electron chi connectivity index (χ3n) is 5.03. The molecule has 1 amide bonds. The van der Waals surface area contributed by atoms with Crippen molar-refractivity contribution in [3.8, 4) is 0 Å². The smallest absolute Gasteiger partial charge is 0.239 e. The van der Waals surface area contributed by atoms with Crippen LogP contribution >= 0.6 is 0 Å². The number of hydrogen-bond donors (Lipinski definition) is 0. The average molecular weight is 377 g/mol. The van der Waals surface area contributed by atoms with Crippen LogP contribution in [0.4, 0.5) is 5.69 Å². The van der Waals surface area contributed by atoms with Gasteiger partial charge in [-0.25, -0.2) is 0 Å². The van der Waals surface area contributed by atoms with Crippen molar-refractivity contribution in [2.75, 3.05) is 4.90 Å². The van der Waals surface area contributed by atoms with E-state index in [9.17, 15) is 4.79 Å². The Kier molecular flexibility index (Phi) is 5.82. The lowest BCUT2D eigenvalue weighted by molar-refractivity contribution is -0.119. The molecule has 0 aliphatic heterocycles. The van der Waals surface area contributed by atoms with E-state index in [1.54, 1.807) is 0 Å². The molecule has 0 saturated heterocycles. The van der Waals surface area contributed by atoms with E-state index in [4.69, 9.17) is 0 Å². The molecular formula is C27H23NO. The molecule has 0 fully saturated rings. The number of nitrogens with zero attached hydrogens (tertiary/aromatic N) is 1. The highest BCUT2D eigenvalue weighted by atomic mass is 16.2. The highest BCUT2D eigenvalue weighted by Crippen LogP contribution is 2.30. The molecule has 142 valence electrons. The van der Waals surface area contributed by atoms with Gasteiger partial charge in [0.15, 0.2) is 0 Å². The summed E-state index contributed by atoms with van der Waals surface area (Å²) in [6, 6.07) is 40.1. The van der Waals surface area contributed by atoms with Gasteiger partial charge in [-0.2, -0.15) is 0 Å². The van der Waals surface area contributed by atoms with Gasteiger partial charge in [-0.05, 0) is 28.8 Å². The van der Waals surface area contributed by atoms with E-state index < -0.39 is 0 Å². The fourth-order valence-electron chi connectivity index (χ4n) is 3.59. The van der Waals surface area contributed by atoms with Crippen molar-refractivity contribution in [1.82, 2.24) is 0 Å². The van der Waals surface area contributed by atoms with Crippen LogP contribution in [0.3, 0.4) is 0 Å². The van der Waals surface area contributed by atoms with Crippen LogP contribution in [0.1, 0.15) is 22.6 Å².